The Morgan fingerprint density at radius 2 is 1.53 bits per heavy atom. The van der Waals surface area contributed by atoms with E-state index in [1.165, 1.54) is 0 Å². The van der Waals surface area contributed by atoms with Crippen molar-refractivity contribution in [2.24, 2.45) is 5.16 Å². The Kier molecular flexibility index (Phi) is 8.91. The molecule has 4 heteroatoms. The van der Waals surface area contributed by atoms with E-state index in [1.807, 2.05) is 6.07 Å². The van der Waals surface area contributed by atoms with Gasteiger partial charge in [0, 0.05) is 17.5 Å². The molecule has 2 aromatic carbocycles. The number of Topliss-reactive ketones (excluding diaryl/α,β-unsaturated/α-hetero) is 1. The summed E-state index contributed by atoms with van der Waals surface area (Å²) in [5.74, 6) is 3.80. The van der Waals surface area contributed by atoms with Crippen molar-refractivity contribution in [2.45, 2.75) is 90.5 Å². The zero-order valence-electron chi connectivity index (χ0n) is 21.7. The minimum Gasteiger partial charge on any atom is -0.391 e. The quantitative estimate of drug-likeness (QED) is 0.232. The molecule has 0 spiro atoms. The molecule has 0 amide bonds. The van der Waals surface area contributed by atoms with Gasteiger partial charge in [0.2, 0.25) is 0 Å². The lowest BCUT2D eigenvalue weighted by molar-refractivity contribution is -0.113. The third kappa shape index (κ3) is 5.70. The smallest absolute Gasteiger partial charge is 0.180 e. The maximum Gasteiger partial charge on any atom is 0.180 e. The number of rotatable bonds is 7. The first-order valence-corrected chi connectivity index (χ1v) is 14.9. The van der Waals surface area contributed by atoms with Gasteiger partial charge in [-0.25, -0.2) is 0 Å². The summed E-state index contributed by atoms with van der Waals surface area (Å²) < 4.78 is 0. The van der Waals surface area contributed by atoms with Crippen LogP contribution in [0.1, 0.15) is 78.4 Å². The van der Waals surface area contributed by atoms with Gasteiger partial charge in [0.05, 0.1) is 0 Å². The van der Waals surface area contributed by atoms with E-state index in [1.54, 1.807) is 0 Å². The zero-order chi connectivity index (χ0) is 24.7. The molecule has 180 valence electrons. The van der Waals surface area contributed by atoms with Gasteiger partial charge < -0.3 is 4.84 Å². The molecule has 0 heterocycles. The number of hydrogen-bond acceptors (Lipinski definition) is 3. The van der Waals surface area contributed by atoms with Gasteiger partial charge in [-0.05, 0) is 47.0 Å². The summed E-state index contributed by atoms with van der Waals surface area (Å²) in [6.07, 6.45) is 3.24. The Hall–Kier alpha value is -2.64. The second kappa shape index (κ2) is 11.7. The van der Waals surface area contributed by atoms with Gasteiger partial charge in [0.1, 0.15) is 20.4 Å². The van der Waals surface area contributed by atoms with Crippen molar-refractivity contribution >= 4 is 19.6 Å². The molecule has 3 nitrogen and oxygen atoms in total. The van der Waals surface area contributed by atoms with Gasteiger partial charge in [-0.3, -0.25) is 4.79 Å². The van der Waals surface area contributed by atoms with E-state index in [4.69, 9.17) is 4.84 Å². The van der Waals surface area contributed by atoms with Crippen molar-refractivity contribution in [3.05, 3.63) is 59.7 Å². The molecule has 34 heavy (non-hydrogen) atoms. The molecule has 0 saturated heterocycles. The molecule has 0 unspecified atom stereocenters. The molecule has 2 aromatic rings. The Labute approximate surface area is 207 Å². The number of carbonyl (C=O) groups is 1. The number of ketones is 1. The van der Waals surface area contributed by atoms with Crippen LogP contribution in [0.4, 0.5) is 0 Å². The van der Waals surface area contributed by atoms with Gasteiger partial charge in [-0.1, -0.05) is 101 Å². The van der Waals surface area contributed by atoms with Crippen LogP contribution in [-0.2, 0) is 16.2 Å². The van der Waals surface area contributed by atoms with Gasteiger partial charge in [-0.15, -0.1) is 5.54 Å². The number of benzene rings is 2. The molecule has 0 atom stereocenters. The highest BCUT2D eigenvalue weighted by Gasteiger charge is 2.41. The first kappa shape index (κ1) is 26.0. The van der Waals surface area contributed by atoms with Crippen LogP contribution >= 0.6 is 0 Å². The molecule has 0 bridgehead atoms. The Morgan fingerprint density at radius 3 is 2.15 bits per heavy atom. The highest BCUT2D eigenvalue weighted by Crippen LogP contribution is 2.41. The molecule has 1 fully saturated rings. The molecule has 0 radical (unpaired) electrons. The summed E-state index contributed by atoms with van der Waals surface area (Å²) >= 11 is 0. The van der Waals surface area contributed by atoms with Crippen LogP contribution in [0.5, 0.6) is 0 Å². The number of hydrogen-bond donors (Lipinski definition) is 0. The van der Waals surface area contributed by atoms with Crippen LogP contribution < -0.4 is 0 Å². The average Bonchev–Trinajstić information content (AvgIpc) is 2.81. The fraction of sp³-hybridized carbons (Fsp3) is 0.467. The molecule has 3 rings (SSSR count). The molecular weight excluding hydrogens is 434 g/mol. The van der Waals surface area contributed by atoms with Gasteiger partial charge in [0.15, 0.2) is 5.78 Å². The van der Waals surface area contributed by atoms with Crippen LogP contribution in [0.2, 0.25) is 16.6 Å². The van der Waals surface area contributed by atoms with Gasteiger partial charge in [0.25, 0.3) is 0 Å². The zero-order valence-corrected chi connectivity index (χ0v) is 22.7. The number of oxime groups is 1. The van der Waals surface area contributed by atoms with E-state index in [9.17, 15) is 4.79 Å². The molecule has 0 N–H and O–H groups in total. The van der Waals surface area contributed by atoms with Crippen LogP contribution in [0.15, 0.2) is 53.7 Å². The van der Waals surface area contributed by atoms with E-state index in [0.717, 1.165) is 35.1 Å². The maximum atomic E-state index is 12.1. The summed E-state index contributed by atoms with van der Waals surface area (Å²) in [7, 11) is -1.90. The van der Waals surface area contributed by atoms with Crippen LogP contribution in [0, 0.1) is 11.5 Å². The summed E-state index contributed by atoms with van der Waals surface area (Å²) in [6, 6.07) is 16.7. The van der Waals surface area contributed by atoms with Crippen molar-refractivity contribution < 1.29 is 9.63 Å². The second-order valence-electron chi connectivity index (χ2n) is 10.3. The van der Waals surface area contributed by atoms with E-state index in [0.29, 0.717) is 41.8 Å². The van der Waals surface area contributed by atoms with E-state index >= 15 is 0 Å². The SMILES string of the molecule is CC(C)[Si](C#Cc1c(CO/N=C2\CCCCC2=O)cccc1-c1ccccc1)(C(C)C)C(C)C. The fourth-order valence-electron chi connectivity index (χ4n) is 5.47. The van der Waals surface area contributed by atoms with E-state index < -0.39 is 8.07 Å². The summed E-state index contributed by atoms with van der Waals surface area (Å²) in [5, 5.41) is 4.22. The van der Waals surface area contributed by atoms with Crippen molar-refractivity contribution in [3.63, 3.8) is 0 Å². The van der Waals surface area contributed by atoms with Crippen LogP contribution in [0.25, 0.3) is 11.1 Å². The highest BCUT2D eigenvalue weighted by atomic mass is 28.3. The molecule has 0 aromatic heterocycles. The molecule has 1 saturated carbocycles. The summed E-state index contributed by atoms with van der Waals surface area (Å²) in [6.45, 7) is 14.3. The standard InChI is InChI=1S/C30H39NO2Si/c1-22(2)34(23(3)4,24(5)6)20-19-28-26(21-33-31-29-17-10-11-18-30(29)32)15-12-16-27(28)25-13-8-7-9-14-25/h7-9,12-16,22-24H,10-11,17-18,21H2,1-6H3/b31-29+. The van der Waals surface area contributed by atoms with Crippen molar-refractivity contribution in [2.75, 3.05) is 0 Å². The van der Waals surface area contributed by atoms with E-state index in [-0.39, 0.29) is 5.78 Å². The van der Waals surface area contributed by atoms with Gasteiger partial charge >= 0.3 is 0 Å². The monoisotopic (exact) mass is 473 g/mol. The Balaban J connectivity index is 2.06. The molecular formula is C30H39NO2Si. The first-order valence-electron chi connectivity index (χ1n) is 12.7. The Bertz CT molecular complexity index is 1050. The third-order valence-electron chi connectivity index (χ3n) is 7.29. The fourth-order valence-corrected chi connectivity index (χ4v) is 10.7. The number of carbonyl (C=O) groups excluding carboxylic acids is 1. The highest BCUT2D eigenvalue weighted by molar-refractivity contribution is 6.90. The second-order valence-corrected chi connectivity index (χ2v) is 15.9. The normalized spacial score (nSPS) is 15.7. The van der Waals surface area contributed by atoms with Crippen LogP contribution in [0.3, 0.4) is 0 Å². The lowest BCUT2D eigenvalue weighted by atomic mass is 9.96. The summed E-state index contributed by atoms with van der Waals surface area (Å²) in [5.41, 5.74) is 10.4. The lowest BCUT2D eigenvalue weighted by Crippen LogP contribution is -2.43. The third-order valence-corrected chi connectivity index (χ3v) is 13.6. The minimum absolute atomic E-state index is 0.117. The lowest BCUT2D eigenvalue weighted by Gasteiger charge is -2.38. The first-order chi connectivity index (χ1) is 16.3. The molecule has 0 aliphatic heterocycles. The topological polar surface area (TPSA) is 38.7 Å². The van der Waals surface area contributed by atoms with E-state index in [2.05, 4.69) is 101 Å². The minimum atomic E-state index is -1.90. The predicted molar refractivity (Wildman–Crippen MR) is 146 cm³/mol. The summed E-state index contributed by atoms with van der Waals surface area (Å²) in [4.78, 5) is 17.9. The van der Waals surface area contributed by atoms with Crippen LogP contribution in [-0.4, -0.2) is 19.6 Å². The van der Waals surface area contributed by atoms with Crippen molar-refractivity contribution in [1.82, 2.24) is 0 Å². The number of nitrogens with zero attached hydrogens (tertiary/aromatic N) is 1. The Morgan fingerprint density at radius 1 is 0.882 bits per heavy atom. The van der Waals surface area contributed by atoms with Crippen molar-refractivity contribution in [1.29, 1.82) is 0 Å². The van der Waals surface area contributed by atoms with Crippen molar-refractivity contribution in [3.8, 4) is 22.6 Å². The average molecular weight is 474 g/mol. The largest absolute Gasteiger partial charge is 0.391 e. The maximum absolute atomic E-state index is 12.1. The van der Waals surface area contributed by atoms with Gasteiger partial charge in [-0.2, -0.15) is 0 Å². The predicted octanol–water partition coefficient (Wildman–Crippen LogP) is 7.94. The molecule has 1 aliphatic rings. The molecule has 1 aliphatic carbocycles.